The molecule has 1 aromatic carbocycles. The molecular formula is C13H11F3O2. The molecule has 2 nitrogen and oxygen atoms in total. The van der Waals surface area contributed by atoms with E-state index in [0.29, 0.717) is 11.8 Å². The van der Waals surface area contributed by atoms with Crippen molar-refractivity contribution in [2.24, 2.45) is 0 Å². The third kappa shape index (κ3) is 4.16. The number of alkyl halides is 3. The lowest BCUT2D eigenvalue weighted by Crippen LogP contribution is -2.24. The summed E-state index contributed by atoms with van der Waals surface area (Å²) in [4.78, 5) is 21.4. The van der Waals surface area contributed by atoms with Gasteiger partial charge in [0.25, 0.3) is 5.78 Å². The highest BCUT2D eigenvalue weighted by molar-refractivity contribution is 6.03. The molecule has 0 N–H and O–H groups in total. The van der Waals surface area contributed by atoms with E-state index in [1.54, 1.807) is 30.3 Å². The second-order valence-corrected chi connectivity index (χ2v) is 3.61. The minimum atomic E-state index is -4.91. The zero-order valence-electron chi connectivity index (χ0n) is 9.41. The molecule has 0 spiro atoms. The molecule has 0 aliphatic heterocycles. The second-order valence-electron chi connectivity index (χ2n) is 3.61. The van der Waals surface area contributed by atoms with Gasteiger partial charge in [0.2, 0.25) is 0 Å². The van der Waals surface area contributed by atoms with E-state index in [1.165, 1.54) is 6.08 Å². The molecular weight excluding hydrogens is 245 g/mol. The van der Waals surface area contributed by atoms with Gasteiger partial charge in [0, 0.05) is 12.0 Å². The van der Waals surface area contributed by atoms with Crippen LogP contribution in [0.15, 0.2) is 35.9 Å². The quantitative estimate of drug-likeness (QED) is 0.599. The molecule has 5 heteroatoms. The Balaban J connectivity index is 3.02. The van der Waals surface area contributed by atoms with Gasteiger partial charge < -0.3 is 4.79 Å². The Hall–Kier alpha value is -1.91. The first-order valence-corrected chi connectivity index (χ1v) is 5.26. The summed E-state index contributed by atoms with van der Waals surface area (Å²) in [6.07, 6.45) is -3.58. The van der Waals surface area contributed by atoms with Crippen LogP contribution in [0, 0.1) is 0 Å². The van der Waals surface area contributed by atoms with Crippen molar-refractivity contribution in [3.05, 3.63) is 41.5 Å². The van der Waals surface area contributed by atoms with Gasteiger partial charge in [0.1, 0.15) is 6.29 Å². The summed E-state index contributed by atoms with van der Waals surface area (Å²) in [5.41, 5.74) is 0.0943. The number of Topliss-reactive ketones (excluding diaryl/α,β-unsaturated/α-hetero) is 1. The number of benzene rings is 1. The van der Waals surface area contributed by atoms with E-state index in [2.05, 4.69) is 0 Å². The average Bonchev–Trinajstić information content (AvgIpc) is 2.33. The molecule has 0 aromatic heterocycles. The maximum absolute atomic E-state index is 12.4. The van der Waals surface area contributed by atoms with Crippen LogP contribution in [0.2, 0.25) is 0 Å². The molecule has 0 atom stereocenters. The lowest BCUT2D eigenvalue weighted by molar-refractivity contribution is -0.166. The monoisotopic (exact) mass is 256 g/mol. The first-order valence-electron chi connectivity index (χ1n) is 5.26. The molecule has 96 valence electrons. The summed E-state index contributed by atoms with van der Waals surface area (Å²) in [5, 5.41) is 0. The topological polar surface area (TPSA) is 34.1 Å². The molecule has 0 amide bonds. The predicted octanol–water partition coefficient (Wildman–Crippen LogP) is 3.18. The van der Waals surface area contributed by atoms with Crippen molar-refractivity contribution in [2.75, 3.05) is 0 Å². The Morgan fingerprint density at radius 3 is 2.28 bits per heavy atom. The smallest absolute Gasteiger partial charge is 0.303 e. The molecule has 0 radical (unpaired) electrons. The van der Waals surface area contributed by atoms with Crippen LogP contribution < -0.4 is 0 Å². The molecule has 18 heavy (non-hydrogen) atoms. The van der Waals surface area contributed by atoms with E-state index in [1.807, 2.05) is 0 Å². The zero-order chi connectivity index (χ0) is 13.6. The molecule has 1 rings (SSSR count). The standard InChI is InChI=1S/C13H11F3O2/c14-13(15,16)12(18)11(7-4-8-17)9-10-5-2-1-3-6-10/h1-3,5-6,8-9H,4,7H2/b11-9+. The fourth-order valence-corrected chi connectivity index (χ4v) is 1.40. The van der Waals surface area contributed by atoms with Crippen molar-refractivity contribution in [1.29, 1.82) is 0 Å². The number of carbonyl (C=O) groups is 2. The number of allylic oxidation sites excluding steroid dienone is 1. The van der Waals surface area contributed by atoms with E-state index in [0.717, 1.165) is 0 Å². The van der Waals surface area contributed by atoms with Crippen LogP contribution in [0.1, 0.15) is 18.4 Å². The van der Waals surface area contributed by atoms with Crippen LogP contribution in [0.5, 0.6) is 0 Å². The lowest BCUT2D eigenvalue weighted by atomic mass is 10.0. The van der Waals surface area contributed by atoms with Gasteiger partial charge in [0.15, 0.2) is 0 Å². The van der Waals surface area contributed by atoms with Crippen molar-refractivity contribution in [3.63, 3.8) is 0 Å². The SMILES string of the molecule is O=CCC/C(=C\c1ccccc1)C(=O)C(F)(F)F. The van der Waals surface area contributed by atoms with Crippen molar-refractivity contribution in [3.8, 4) is 0 Å². The molecule has 0 saturated carbocycles. The van der Waals surface area contributed by atoms with Gasteiger partial charge in [-0.25, -0.2) is 0 Å². The Kier molecular flexibility index (Phi) is 4.83. The maximum Gasteiger partial charge on any atom is 0.454 e. The molecule has 1 aromatic rings. The third-order valence-corrected chi connectivity index (χ3v) is 2.22. The number of rotatable bonds is 5. The van der Waals surface area contributed by atoms with Crippen molar-refractivity contribution in [1.82, 2.24) is 0 Å². The molecule has 0 bridgehead atoms. The van der Waals surface area contributed by atoms with Gasteiger partial charge in [-0.2, -0.15) is 13.2 Å². The van der Waals surface area contributed by atoms with Crippen LogP contribution in [0.4, 0.5) is 13.2 Å². The molecule has 0 saturated heterocycles. The van der Waals surface area contributed by atoms with Gasteiger partial charge in [-0.05, 0) is 18.1 Å². The number of hydrogen-bond donors (Lipinski definition) is 0. The van der Waals surface area contributed by atoms with Crippen LogP contribution in [0.25, 0.3) is 6.08 Å². The maximum atomic E-state index is 12.4. The van der Waals surface area contributed by atoms with Crippen LogP contribution in [0.3, 0.4) is 0 Å². The predicted molar refractivity (Wildman–Crippen MR) is 60.8 cm³/mol. The van der Waals surface area contributed by atoms with E-state index in [4.69, 9.17) is 0 Å². The summed E-state index contributed by atoms with van der Waals surface area (Å²) < 4.78 is 37.1. The number of ketones is 1. The van der Waals surface area contributed by atoms with E-state index < -0.39 is 17.5 Å². The molecule has 0 heterocycles. The fourth-order valence-electron chi connectivity index (χ4n) is 1.40. The summed E-state index contributed by atoms with van der Waals surface area (Å²) >= 11 is 0. The molecule has 0 aliphatic carbocycles. The molecule has 0 aliphatic rings. The Morgan fingerprint density at radius 2 is 1.78 bits per heavy atom. The largest absolute Gasteiger partial charge is 0.454 e. The Labute approximate surface area is 102 Å². The van der Waals surface area contributed by atoms with Gasteiger partial charge in [0.05, 0.1) is 0 Å². The van der Waals surface area contributed by atoms with Crippen molar-refractivity contribution >= 4 is 18.1 Å². The fraction of sp³-hybridized carbons (Fsp3) is 0.231. The highest BCUT2D eigenvalue weighted by Gasteiger charge is 2.40. The number of aldehydes is 1. The summed E-state index contributed by atoms with van der Waals surface area (Å²) in [7, 11) is 0. The average molecular weight is 256 g/mol. The second kappa shape index (κ2) is 6.14. The third-order valence-electron chi connectivity index (χ3n) is 2.22. The van der Waals surface area contributed by atoms with Crippen LogP contribution in [-0.4, -0.2) is 18.2 Å². The minimum absolute atomic E-state index is 0.111. The first-order chi connectivity index (χ1) is 8.45. The highest BCUT2D eigenvalue weighted by Crippen LogP contribution is 2.24. The molecule has 0 unspecified atom stereocenters. The Bertz CT molecular complexity index is 447. The summed E-state index contributed by atoms with van der Waals surface area (Å²) in [6.45, 7) is 0. The highest BCUT2D eigenvalue weighted by atomic mass is 19.4. The summed E-state index contributed by atoms with van der Waals surface area (Å²) in [5.74, 6) is -1.90. The van der Waals surface area contributed by atoms with E-state index >= 15 is 0 Å². The number of hydrogen-bond acceptors (Lipinski definition) is 2. The minimum Gasteiger partial charge on any atom is -0.303 e. The zero-order valence-corrected chi connectivity index (χ0v) is 9.41. The van der Waals surface area contributed by atoms with Crippen LogP contribution in [-0.2, 0) is 9.59 Å². The van der Waals surface area contributed by atoms with Gasteiger partial charge >= 0.3 is 6.18 Å². The van der Waals surface area contributed by atoms with Gasteiger partial charge in [-0.3, -0.25) is 4.79 Å². The lowest BCUT2D eigenvalue weighted by Gasteiger charge is -2.08. The Morgan fingerprint density at radius 1 is 1.17 bits per heavy atom. The summed E-state index contributed by atoms with van der Waals surface area (Å²) in [6, 6.07) is 8.20. The van der Waals surface area contributed by atoms with Crippen LogP contribution >= 0.6 is 0 Å². The number of halogens is 3. The van der Waals surface area contributed by atoms with E-state index in [9.17, 15) is 22.8 Å². The van der Waals surface area contributed by atoms with Crippen molar-refractivity contribution < 1.29 is 22.8 Å². The number of carbonyl (C=O) groups excluding carboxylic acids is 2. The van der Waals surface area contributed by atoms with Gasteiger partial charge in [-0.1, -0.05) is 30.3 Å². The normalized spacial score (nSPS) is 12.3. The molecule has 0 fully saturated rings. The van der Waals surface area contributed by atoms with Crippen molar-refractivity contribution in [2.45, 2.75) is 19.0 Å². The first kappa shape index (κ1) is 14.2. The van der Waals surface area contributed by atoms with Gasteiger partial charge in [-0.15, -0.1) is 0 Å². The van der Waals surface area contributed by atoms with E-state index in [-0.39, 0.29) is 12.8 Å².